The molecule has 3 rings (SSSR count). The van der Waals surface area contributed by atoms with Crippen LogP contribution in [-0.4, -0.2) is 73.5 Å². The lowest BCUT2D eigenvalue weighted by Crippen LogP contribution is -2.63. The van der Waals surface area contributed by atoms with E-state index in [4.69, 9.17) is 23.2 Å². The number of amides is 1. The van der Waals surface area contributed by atoms with Crippen LogP contribution in [0.2, 0.25) is 10.0 Å². The van der Waals surface area contributed by atoms with Crippen molar-refractivity contribution in [3.05, 3.63) is 33.6 Å². The Kier molecular flexibility index (Phi) is 8.26. The van der Waals surface area contributed by atoms with Crippen molar-refractivity contribution in [2.75, 3.05) is 38.5 Å². The monoisotopic (exact) mass is 529 g/mol. The molecule has 1 aromatic carbocycles. The van der Waals surface area contributed by atoms with E-state index in [0.717, 1.165) is 12.1 Å². The average Bonchev–Trinajstić information content (AvgIpc) is 2.76. The van der Waals surface area contributed by atoms with Gasteiger partial charge in [0.2, 0.25) is 15.9 Å². The van der Waals surface area contributed by atoms with E-state index in [-0.39, 0.29) is 66.7 Å². The molecule has 12 heteroatoms. The van der Waals surface area contributed by atoms with Crippen LogP contribution in [0.5, 0.6) is 0 Å². The maximum absolute atomic E-state index is 14.0. The number of halogens is 5. The van der Waals surface area contributed by atoms with E-state index in [1.54, 1.807) is 6.92 Å². The molecule has 1 saturated carbocycles. The zero-order valence-electron chi connectivity index (χ0n) is 18.4. The minimum absolute atomic E-state index is 0.0159. The van der Waals surface area contributed by atoms with Crippen LogP contribution >= 0.6 is 23.2 Å². The van der Waals surface area contributed by atoms with Gasteiger partial charge in [0.1, 0.15) is 5.82 Å². The lowest BCUT2D eigenvalue weighted by molar-refractivity contribution is -0.0856. The normalized spacial score (nSPS) is 21.6. The molecule has 33 heavy (non-hydrogen) atoms. The molecule has 1 N–H and O–H groups in total. The minimum Gasteiger partial charge on any atom is -0.350 e. The summed E-state index contributed by atoms with van der Waals surface area (Å²) in [5.74, 6) is -4.12. The number of benzene rings is 1. The first-order chi connectivity index (χ1) is 15.4. The van der Waals surface area contributed by atoms with Crippen molar-refractivity contribution in [1.82, 2.24) is 14.5 Å². The number of alkyl halides is 2. The maximum Gasteiger partial charge on any atom is 0.252 e. The van der Waals surface area contributed by atoms with Gasteiger partial charge in [-0.25, -0.2) is 21.6 Å². The summed E-state index contributed by atoms with van der Waals surface area (Å²) in [6, 6.07) is 2.08. The predicted octanol–water partition coefficient (Wildman–Crippen LogP) is 4.17. The third-order valence-electron chi connectivity index (χ3n) is 6.51. The molecule has 6 nitrogen and oxygen atoms in total. The van der Waals surface area contributed by atoms with Crippen LogP contribution in [0.15, 0.2) is 12.1 Å². The molecule has 2 fully saturated rings. The van der Waals surface area contributed by atoms with Gasteiger partial charge >= 0.3 is 0 Å². The maximum atomic E-state index is 14.0. The van der Waals surface area contributed by atoms with Gasteiger partial charge in [0.15, 0.2) is 0 Å². The van der Waals surface area contributed by atoms with E-state index in [1.165, 1.54) is 4.31 Å². The molecular weight excluding hydrogens is 502 g/mol. The molecule has 0 atom stereocenters. The summed E-state index contributed by atoms with van der Waals surface area (Å²) >= 11 is 11.7. The third kappa shape index (κ3) is 6.14. The van der Waals surface area contributed by atoms with E-state index in [2.05, 4.69) is 5.32 Å². The highest BCUT2D eigenvalue weighted by molar-refractivity contribution is 7.89. The Morgan fingerprint density at radius 1 is 1.06 bits per heavy atom. The number of carbonyl (C=O) groups excluding carboxylic acids is 1. The van der Waals surface area contributed by atoms with Crippen LogP contribution in [0, 0.1) is 5.82 Å². The SMILES string of the molecule is CCCS(=O)(=O)N1CCN(C2(CNC(=O)c3cc(F)c(Cl)cc3Cl)CCC(F)(F)CC2)CC1. The van der Waals surface area contributed by atoms with Crippen LogP contribution < -0.4 is 5.32 Å². The lowest BCUT2D eigenvalue weighted by atomic mass is 9.78. The van der Waals surface area contributed by atoms with Gasteiger partial charge in [-0.05, 0) is 31.4 Å². The number of rotatable bonds is 7. The van der Waals surface area contributed by atoms with Crippen LogP contribution in [0.1, 0.15) is 49.4 Å². The lowest BCUT2D eigenvalue weighted by Gasteiger charge is -2.50. The topological polar surface area (TPSA) is 69.7 Å². The van der Waals surface area contributed by atoms with Gasteiger partial charge in [0.25, 0.3) is 5.91 Å². The Bertz CT molecular complexity index is 976. The molecule has 0 radical (unpaired) electrons. The zero-order chi connectivity index (χ0) is 24.4. The van der Waals surface area contributed by atoms with Gasteiger partial charge in [0, 0.05) is 51.1 Å². The molecule has 0 aromatic heterocycles. The highest BCUT2D eigenvalue weighted by Gasteiger charge is 2.47. The van der Waals surface area contributed by atoms with Gasteiger partial charge in [0.05, 0.1) is 21.4 Å². The molecular formula is C21H28Cl2F3N3O3S. The first-order valence-corrected chi connectivity index (χ1v) is 13.3. The quantitative estimate of drug-likeness (QED) is 0.538. The number of nitrogens with one attached hydrogen (secondary N) is 1. The second-order valence-corrected chi connectivity index (χ2v) is 11.6. The Hall–Kier alpha value is -1.07. The van der Waals surface area contributed by atoms with Crippen molar-refractivity contribution in [2.45, 2.75) is 50.5 Å². The fraction of sp³-hybridized carbons (Fsp3) is 0.667. The summed E-state index contributed by atoms with van der Waals surface area (Å²) < 4.78 is 68.0. The van der Waals surface area contributed by atoms with E-state index in [1.807, 2.05) is 4.90 Å². The van der Waals surface area contributed by atoms with Gasteiger partial charge in [-0.2, -0.15) is 4.31 Å². The van der Waals surface area contributed by atoms with Gasteiger partial charge in [-0.3, -0.25) is 9.69 Å². The fourth-order valence-electron chi connectivity index (χ4n) is 4.55. The summed E-state index contributed by atoms with van der Waals surface area (Å²) in [6.07, 6.45) is 0.151. The third-order valence-corrected chi connectivity index (χ3v) is 9.19. The van der Waals surface area contributed by atoms with E-state index < -0.39 is 33.2 Å². The van der Waals surface area contributed by atoms with Crippen molar-refractivity contribution in [2.24, 2.45) is 0 Å². The van der Waals surface area contributed by atoms with E-state index >= 15 is 0 Å². The first-order valence-electron chi connectivity index (χ1n) is 10.9. The molecule has 1 aliphatic carbocycles. The smallest absolute Gasteiger partial charge is 0.252 e. The molecule has 1 aromatic rings. The molecule has 1 amide bonds. The molecule has 1 aliphatic heterocycles. The van der Waals surface area contributed by atoms with Crippen molar-refractivity contribution in [3.63, 3.8) is 0 Å². The molecule has 1 heterocycles. The van der Waals surface area contributed by atoms with Gasteiger partial charge in [-0.15, -0.1) is 0 Å². The molecule has 1 saturated heterocycles. The second-order valence-electron chi connectivity index (χ2n) is 8.71. The Labute approximate surface area is 202 Å². The van der Waals surface area contributed by atoms with Crippen LogP contribution in [-0.2, 0) is 10.0 Å². The average molecular weight is 530 g/mol. The summed E-state index contributed by atoms with van der Waals surface area (Å²) in [4.78, 5) is 14.7. The zero-order valence-corrected chi connectivity index (χ0v) is 20.7. The van der Waals surface area contributed by atoms with Crippen molar-refractivity contribution in [1.29, 1.82) is 0 Å². The van der Waals surface area contributed by atoms with Crippen LogP contribution in [0.4, 0.5) is 13.2 Å². The summed E-state index contributed by atoms with van der Waals surface area (Å²) in [7, 11) is -3.34. The molecule has 0 spiro atoms. The van der Waals surface area contributed by atoms with Crippen LogP contribution in [0.3, 0.4) is 0 Å². The number of nitrogens with zero attached hydrogens (tertiary/aromatic N) is 2. The van der Waals surface area contributed by atoms with E-state index in [0.29, 0.717) is 19.5 Å². The molecule has 0 bridgehead atoms. The van der Waals surface area contributed by atoms with Gasteiger partial charge < -0.3 is 5.32 Å². The Morgan fingerprint density at radius 3 is 2.24 bits per heavy atom. The largest absolute Gasteiger partial charge is 0.350 e. The van der Waals surface area contributed by atoms with Crippen molar-refractivity contribution >= 4 is 39.1 Å². The van der Waals surface area contributed by atoms with E-state index in [9.17, 15) is 26.4 Å². The highest BCUT2D eigenvalue weighted by Crippen LogP contribution is 2.42. The summed E-state index contributed by atoms with van der Waals surface area (Å²) in [5.41, 5.74) is -0.847. The molecule has 2 aliphatic rings. The number of piperazine rings is 1. The van der Waals surface area contributed by atoms with Crippen LogP contribution in [0.25, 0.3) is 0 Å². The van der Waals surface area contributed by atoms with Crippen molar-refractivity contribution < 1.29 is 26.4 Å². The number of hydrogen-bond donors (Lipinski definition) is 1. The molecule has 0 unspecified atom stereocenters. The summed E-state index contributed by atoms with van der Waals surface area (Å²) in [6.45, 7) is 3.14. The standard InChI is InChI=1S/C21H28Cl2F3N3O3S/c1-2-11-33(31,32)29-9-7-28(8-10-29)20(3-5-21(25,26)6-4-20)14-27-19(30)15-12-18(24)17(23)13-16(15)22/h12-13H,2-11,14H2,1H3,(H,27,30). The number of sulfonamides is 1. The predicted molar refractivity (Wildman–Crippen MR) is 122 cm³/mol. The summed E-state index contributed by atoms with van der Waals surface area (Å²) in [5, 5.41) is 2.51. The fourth-order valence-corrected chi connectivity index (χ4v) is 6.51. The minimum atomic E-state index is -3.34. The molecule has 186 valence electrons. The van der Waals surface area contributed by atoms with Crippen molar-refractivity contribution in [3.8, 4) is 0 Å². The second kappa shape index (κ2) is 10.3. The number of carbonyl (C=O) groups is 1. The van der Waals surface area contributed by atoms with Gasteiger partial charge in [-0.1, -0.05) is 30.1 Å². The Morgan fingerprint density at radius 2 is 1.67 bits per heavy atom. The highest BCUT2D eigenvalue weighted by atomic mass is 35.5. The number of hydrogen-bond acceptors (Lipinski definition) is 4. The first kappa shape index (κ1) is 26.5. The Balaban J connectivity index is 1.74.